The second-order valence-electron chi connectivity index (χ2n) is 7.75. The van der Waals surface area contributed by atoms with E-state index in [9.17, 15) is 22.4 Å². The van der Waals surface area contributed by atoms with E-state index in [4.69, 9.17) is 16.3 Å². The van der Waals surface area contributed by atoms with Gasteiger partial charge >= 0.3 is 5.97 Å². The summed E-state index contributed by atoms with van der Waals surface area (Å²) in [5.74, 6) is -1.72. The fourth-order valence-electron chi connectivity index (χ4n) is 4.11. The molecule has 1 aromatic rings. The highest BCUT2D eigenvalue weighted by molar-refractivity contribution is 7.89. The molecule has 0 atom stereocenters. The first-order valence-corrected chi connectivity index (χ1v) is 12.0. The minimum atomic E-state index is -3.83. The maximum absolute atomic E-state index is 13.4. The first-order valence-electron chi connectivity index (χ1n) is 10.1. The Morgan fingerprint density at radius 2 is 1.90 bits per heavy atom. The van der Waals surface area contributed by atoms with E-state index in [2.05, 4.69) is 5.32 Å². The Morgan fingerprint density at radius 3 is 2.47 bits per heavy atom. The number of esters is 1. The summed E-state index contributed by atoms with van der Waals surface area (Å²) >= 11 is 5.72. The molecule has 7 nitrogen and oxygen atoms in total. The molecule has 2 aliphatic rings. The summed E-state index contributed by atoms with van der Waals surface area (Å²) in [6, 6.07) is 3.29. The molecule has 2 fully saturated rings. The van der Waals surface area contributed by atoms with E-state index in [-0.39, 0.29) is 41.4 Å². The Bertz CT molecular complexity index is 910. The number of amides is 1. The fourth-order valence-corrected chi connectivity index (χ4v) is 5.85. The molecule has 30 heavy (non-hydrogen) atoms. The van der Waals surface area contributed by atoms with E-state index >= 15 is 0 Å². The molecule has 1 saturated heterocycles. The molecule has 0 bridgehead atoms. The second-order valence-corrected chi connectivity index (χ2v) is 10.1. The van der Waals surface area contributed by atoms with Crippen molar-refractivity contribution in [2.45, 2.75) is 55.9 Å². The molecule has 1 aliphatic heterocycles. The van der Waals surface area contributed by atoms with E-state index in [1.54, 1.807) is 6.92 Å². The van der Waals surface area contributed by atoms with Crippen LogP contribution in [-0.4, -0.2) is 49.8 Å². The van der Waals surface area contributed by atoms with E-state index in [0.717, 1.165) is 25.0 Å². The molecule has 1 heterocycles. The normalized spacial score (nSPS) is 20.1. The number of benzene rings is 1. The standard InChI is InChI=1S/C20H26ClFN2O5S/c1-2-29-19(26)20(9-3-4-10-20)23-18(25)14-7-11-24(12-8-14)30(27,28)15-5-6-17(22)16(21)13-15/h5-6,13-14H,2-4,7-12H2,1H3,(H,23,25). The van der Waals surface area contributed by atoms with Gasteiger partial charge in [-0.3, -0.25) is 4.79 Å². The van der Waals surface area contributed by atoms with Crippen molar-refractivity contribution in [3.63, 3.8) is 0 Å². The molecule has 10 heteroatoms. The number of halogens is 2. The Labute approximate surface area is 181 Å². The van der Waals surface area contributed by atoms with Gasteiger partial charge in [0.1, 0.15) is 11.4 Å². The topological polar surface area (TPSA) is 92.8 Å². The lowest BCUT2D eigenvalue weighted by atomic mass is 9.92. The van der Waals surface area contributed by atoms with Gasteiger partial charge in [-0.1, -0.05) is 24.4 Å². The maximum atomic E-state index is 13.4. The molecule has 0 unspecified atom stereocenters. The summed E-state index contributed by atoms with van der Waals surface area (Å²) in [5, 5.41) is 2.65. The van der Waals surface area contributed by atoms with Gasteiger partial charge in [0.15, 0.2) is 0 Å². The quantitative estimate of drug-likeness (QED) is 0.659. The molecule has 3 rings (SSSR count). The van der Waals surface area contributed by atoms with Crippen LogP contribution < -0.4 is 5.32 Å². The largest absolute Gasteiger partial charge is 0.464 e. The average Bonchev–Trinajstić information content (AvgIpc) is 3.20. The molecule has 1 aromatic carbocycles. The smallest absolute Gasteiger partial charge is 0.331 e. The number of rotatable bonds is 6. The fraction of sp³-hybridized carbons (Fsp3) is 0.600. The third-order valence-corrected chi connectivity index (χ3v) is 8.02. The lowest BCUT2D eigenvalue weighted by Gasteiger charge is -2.34. The number of hydrogen-bond donors (Lipinski definition) is 1. The molecule has 166 valence electrons. The van der Waals surface area contributed by atoms with Crippen LogP contribution in [0.15, 0.2) is 23.1 Å². The van der Waals surface area contributed by atoms with Crippen molar-refractivity contribution in [2.24, 2.45) is 5.92 Å². The summed E-state index contributed by atoms with van der Waals surface area (Å²) in [7, 11) is -3.83. The Kier molecular flexibility index (Phi) is 7.04. The lowest BCUT2D eigenvalue weighted by molar-refractivity contribution is -0.153. The van der Waals surface area contributed by atoms with Crippen LogP contribution in [0.4, 0.5) is 4.39 Å². The van der Waals surface area contributed by atoms with E-state index in [1.807, 2.05) is 0 Å². The molecule has 0 aromatic heterocycles. The van der Waals surface area contributed by atoms with Gasteiger partial charge in [0.2, 0.25) is 15.9 Å². The molecule has 0 radical (unpaired) electrons. The molecular formula is C20H26ClFN2O5S. The van der Waals surface area contributed by atoms with Gasteiger partial charge in [-0.15, -0.1) is 0 Å². The van der Waals surface area contributed by atoms with Gasteiger partial charge in [-0.25, -0.2) is 17.6 Å². The third kappa shape index (κ3) is 4.63. The zero-order chi connectivity index (χ0) is 21.9. The number of carbonyl (C=O) groups excluding carboxylic acids is 2. The van der Waals surface area contributed by atoms with Gasteiger partial charge in [0, 0.05) is 19.0 Å². The van der Waals surface area contributed by atoms with Gasteiger partial charge in [0.05, 0.1) is 16.5 Å². The number of carbonyl (C=O) groups is 2. The van der Waals surface area contributed by atoms with Crippen LogP contribution in [0, 0.1) is 11.7 Å². The van der Waals surface area contributed by atoms with Gasteiger partial charge in [0.25, 0.3) is 0 Å². The second kappa shape index (κ2) is 9.20. The Balaban J connectivity index is 1.64. The van der Waals surface area contributed by atoms with E-state index < -0.39 is 27.3 Å². The zero-order valence-electron chi connectivity index (χ0n) is 16.8. The lowest BCUT2D eigenvalue weighted by Crippen LogP contribution is -2.56. The van der Waals surface area contributed by atoms with Crippen LogP contribution in [0.1, 0.15) is 45.4 Å². The average molecular weight is 461 g/mol. The van der Waals surface area contributed by atoms with Gasteiger partial charge < -0.3 is 10.1 Å². The number of piperidine rings is 1. The number of sulfonamides is 1. The SMILES string of the molecule is CCOC(=O)C1(NC(=O)C2CCN(S(=O)(=O)c3ccc(F)c(Cl)c3)CC2)CCCC1. The number of hydrogen-bond acceptors (Lipinski definition) is 5. The molecule has 0 spiro atoms. The summed E-state index contributed by atoms with van der Waals surface area (Å²) < 4.78 is 45.4. The van der Waals surface area contributed by atoms with Crippen LogP contribution in [0.3, 0.4) is 0 Å². The van der Waals surface area contributed by atoms with Crippen LogP contribution in [0.5, 0.6) is 0 Å². The third-order valence-electron chi connectivity index (χ3n) is 5.84. The highest BCUT2D eigenvalue weighted by Crippen LogP contribution is 2.32. The molecular weight excluding hydrogens is 435 g/mol. The van der Waals surface area contributed by atoms with Crippen molar-refractivity contribution in [3.05, 3.63) is 29.0 Å². The van der Waals surface area contributed by atoms with Crippen molar-refractivity contribution in [2.75, 3.05) is 19.7 Å². The van der Waals surface area contributed by atoms with Crippen molar-refractivity contribution >= 4 is 33.5 Å². The van der Waals surface area contributed by atoms with Crippen LogP contribution in [-0.2, 0) is 24.3 Å². The summed E-state index contributed by atoms with van der Waals surface area (Å²) in [6.07, 6.45) is 3.45. The van der Waals surface area contributed by atoms with Gasteiger partial charge in [-0.2, -0.15) is 4.31 Å². The minimum absolute atomic E-state index is 0.0796. The van der Waals surface area contributed by atoms with Crippen molar-refractivity contribution in [1.82, 2.24) is 9.62 Å². The maximum Gasteiger partial charge on any atom is 0.331 e. The predicted molar refractivity (Wildman–Crippen MR) is 109 cm³/mol. The van der Waals surface area contributed by atoms with E-state index in [1.165, 1.54) is 10.4 Å². The van der Waals surface area contributed by atoms with Crippen molar-refractivity contribution < 1.29 is 27.1 Å². The molecule has 1 N–H and O–H groups in total. The minimum Gasteiger partial charge on any atom is -0.464 e. The van der Waals surface area contributed by atoms with Crippen molar-refractivity contribution in [1.29, 1.82) is 0 Å². The van der Waals surface area contributed by atoms with Crippen LogP contribution in [0.25, 0.3) is 0 Å². The van der Waals surface area contributed by atoms with Crippen LogP contribution >= 0.6 is 11.6 Å². The Hall–Kier alpha value is -1.71. The predicted octanol–water partition coefficient (Wildman–Crippen LogP) is 2.87. The summed E-state index contributed by atoms with van der Waals surface area (Å²) in [4.78, 5) is 25.2. The number of ether oxygens (including phenoxy) is 1. The summed E-state index contributed by atoms with van der Waals surface area (Å²) in [6.45, 7) is 2.29. The highest BCUT2D eigenvalue weighted by atomic mass is 35.5. The van der Waals surface area contributed by atoms with Gasteiger partial charge in [-0.05, 0) is 50.8 Å². The first-order chi connectivity index (χ1) is 14.2. The summed E-state index contributed by atoms with van der Waals surface area (Å²) in [5.41, 5.74) is -0.971. The van der Waals surface area contributed by atoms with Crippen molar-refractivity contribution in [3.8, 4) is 0 Å². The number of nitrogens with zero attached hydrogens (tertiary/aromatic N) is 1. The van der Waals surface area contributed by atoms with E-state index in [0.29, 0.717) is 25.7 Å². The number of nitrogens with one attached hydrogen (secondary N) is 1. The first kappa shape index (κ1) is 23.0. The highest BCUT2D eigenvalue weighted by Gasteiger charge is 2.45. The molecule has 1 amide bonds. The molecule has 1 aliphatic carbocycles. The monoisotopic (exact) mass is 460 g/mol. The Morgan fingerprint density at radius 1 is 1.27 bits per heavy atom. The molecule has 1 saturated carbocycles. The van der Waals surface area contributed by atoms with Crippen LogP contribution in [0.2, 0.25) is 5.02 Å². The zero-order valence-corrected chi connectivity index (χ0v) is 18.4.